The molecule has 10 atom stereocenters. The van der Waals surface area contributed by atoms with Crippen LogP contribution in [-0.2, 0) is 77.9 Å². The highest BCUT2D eigenvalue weighted by Crippen LogP contribution is 2.38. The van der Waals surface area contributed by atoms with E-state index in [-0.39, 0.29) is 13.2 Å². The molecule has 0 aliphatic carbocycles. The Morgan fingerprint density at radius 3 is 2.02 bits per heavy atom. The molecule has 1 aromatic carbocycles. The van der Waals surface area contributed by atoms with Crippen molar-refractivity contribution >= 4 is 64.6 Å². The second kappa shape index (κ2) is 17.4. The molecule has 3 heterocycles. The maximum atomic E-state index is 13.2. The fourth-order valence-corrected chi connectivity index (χ4v) is 5.88. The van der Waals surface area contributed by atoms with Crippen molar-refractivity contribution in [2.24, 2.45) is 0 Å². The number of amides is 1. The molecular formula is C32H40Cl3NO15. The number of rotatable bonds is 11. The van der Waals surface area contributed by atoms with Gasteiger partial charge in [0.2, 0.25) is 0 Å². The van der Waals surface area contributed by atoms with E-state index in [0.717, 1.165) is 33.3 Å². The molecule has 3 fully saturated rings. The zero-order valence-corrected chi connectivity index (χ0v) is 30.8. The van der Waals surface area contributed by atoms with Gasteiger partial charge in [-0.1, -0.05) is 65.1 Å². The number of carbonyl (C=O) groups is 5. The number of hydrogen-bond donors (Lipinski definition) is 1. The van der Waals surface area contributed by atoms with E-state index < -0.39 is 107 Å². The lowest BCUT2D eigenvalue weighted by atomic mass is 9.93. The average molecular weight is 785 g/mol. The third-order valence-electron chi connectivity index (χ3n) is 7.71. The van der Waals surface area contributed by atoms with Gasteiger partial charge in [-0.25, -0.2) is 0 Å². The second-order valence-corrected chi connectivity index (χ2v) is 14.6. The molecule has 51 heavy (non-hydrogen) atoms. The number of ether oxygens (including phenoxy) is 10. The number of carbonyl (C=O) groups excluding carboxylic acids is 5. The number of hydrogen-bond acceptors (Lipinski definition) is 15. The van der Waals surface area contributed by atoms with Crippen LogP contribution in [0.5, 0.6) is 0 Å². The Labute approximate surface area is 308 Å². The monoisotopic (exact) mass is 783 g/mol. The highest BCUT2D eigenvalue weighted by atomic mass is 35.6. The van der Waals surface area contributed by atoms with E-state index >= 15 is 0 Å². The lowest BCUT2D eigenvalue weighted by Crippen LogP contribution is -2.71. The van der Waals surface area contributed by atoms with Crippen LogP contribution in [0.4, 0.5) is 0 Å². The minimum Gasteiger partial charge on any atom is -0.463 e. The highest BCUT2D eigenvalue weighted by Gasteiger charge is 2.58. The Kier molecular flexibility index (Phi) is 13.9. The van der Waals surface area contributed by atoms with Gasteiger partial charge in [-0.15, -0.1) is 0 Å². The van der Waals surface area contributed by atoms with Crippen LogP contribution in [-0.4, -0.2) is 114 Å². The number of fused-ring (bicyclic) bond motifs is 1. The number of esters is 4. The van der Waals surface area contributed by atoms with Gasteiger partial charge in [-0.2, -0.15) is 0 Å². The summed E-state index contributed by atoms with van der Waals surface area (Å²) in [5.41, 5.74) is 0.754. The van der Waals surface area contributed by atoms with Crippen molar-refractivity contribution in [3.8, 4) is 0 Å². The fourth-order valence-electron chi connectivity index (χ4n) is 5.72. The molecule has 19 heteroatoms. The maximum Gasteiger partial charge on any atom is 0.303 e. The molecule has 16 nitrogen and oxygen atoms in total. The van der Waals surface area contributed by atoms with E-state index in [0.29, 0.717) is 0 Å². The molecule has 3 saturated heterocycles. The van der Waals surface area contributed by atoms with E-state index in [1.165, 1.54) is 0 Å². The zero-order valence-electron chi connectivity index (χ0n) is 28.5. The number of halogens is 3. The Bertz CT molecular complexity index is 1410. The molecule has 0 spiro atoms. The van der Waals surface area contributed by atoms with Gasteiger partial charge in [0.05, 0.1) is 13.2 Å². The Balaban J connectivity index is 1.81. The van der Waals surface area contributed by atoms with Crippen LogP contribution in [0.1, 0.15) is 47.1 Å². The van der Waals surface area contributed by atoms with Crippen LogP contribution >= 0.6 is 34.8 Å². The summed E-state index contributed by atoms with van der Waals surface area (Å²) in [6, 6.07) is 7.73. The molecular weight excluding hydrogens is 745 g/mol. The van der Waals surface area contributed by atoms with Gasteiger partial charge in [0.15, 0.2) is 36.7 Å². The molecule has 4 rings (SSSR count). The first kappa shape index (κ1) is 41.0. The van der Waals surface area contributed by atoms with Gasteiger partial charge >= 0.3 is 23.9 Å². The summed E-state index contributed by atoms with van der Waals surface area (Å²) in [4.78, 5) is 62.1. The summed E-state index contributed by atoms with van der Waals surface area (Å²) in [6.07, 6.45) is -12.2. The van der Waals surface area contributed by atoms with Gasteiger partial charge in [-0.3, -0.25) is 24.0 Å². The topological polar surface area (TPSA) is 190 Å². The fraction of sp³-hybridized carbons (Fsp3) is 0.656. The largest absolute Gasteiger partial charge is 0.463 e. The molecule has 0 aromatic heterocycles. The summed E-state index contributed by atoms with van der Waals surface area (Å²) in [5, 5.41) is 2.61. The Morgan fingerprint density at radius 1 is 0.824 bits per heavy atom. The van der Waals surface area contributed by atoms with Crippen LogP contribution < -0.4 is 5.32 Å². The highest BCUT2D eigenvalue weighted by molar-refractivity contribution is 6.76. The van der Waals surface area contributed by atoms with Crippen molar-refractivity contribution in [2.45, 2.75) is 119 Å². The molecule has 0 bridgehead atoms. The third-order valence-corrected chi connectivity index (χ3v) is 8.23. The Morgan fingerprint density at radius 2 is 1.43 bits per heavy atom. The number of benzene rings is 1. The molecule has 1 aromatic rings. The molecule has 0 saturated carbocycles. The van der Waals surface area contributed by atoms with Crippen molar-refractivity contribution in [2.75, 3.05) is 13.2 Å². The predicted octanol–water partition coefficient (Wildman–Crippen LogP) is 2.40. The first-order valence-electron chi connectivity index (χ1n) is 15.8. The lowest BCUT2D eigenvalue weighted by molar-refractivity contribution is -0.394. The minimum atomic E-state index is -2.45. The minimum absolute atomic E-state index is 0.00199. The van der Waals surface area contributed by atoms with E-state index in [1.54, 1.807) is 38.1 Å². The quantitative estimate of drug-likeness (QED) is 0.196. The summed E-state index contributed by atoms with van der Waals surface area (Å²) in [5.74, 6) is -5.49. The summed E-state index contributed by atoms with van der Waals surface area (Å²) < 4.78 is 56.6. The second-order valence-electron chi connectivity index (χ2n) is 12.3. The molecule has 6 unspecified atom stereocenters. The van der Waals surface area contributed by atoms with Crippen molar-refractivity contribution in [3.63, 3.8) is 0 Å². The zero-order chi connectivity index (χ0) is 37.7. The van der Waals surface area contributed by atoms with Crippen molar-refractivity contribution in [1.82, 2.24) is 5.32 Å². The molecule has 1 amide bonds. The van der Waals surface area contributed by atoms with Gasteiger partial charge in [-0.05, 0) is 19.4 Å². The number of nitrogens with one attached hydrogen (secondary N) is 1. The van der Waals surface area contributed by atoms with Crippen molar-refractivity contribution < 1.29 is 71.3 Å². The predicted molar refractivity (Wildman–Crippen MR) is 174 cm³/mol. The van der Waals surface area contributed by atoms with Gasteiger partial charge in [0, 0.05) is 27.7 Å². The molecule has 1 N–H and O–H groups in total. The van der Waals surface area contributed by atoms with E-state index in [1.807, 2.05) is 6.07 Å². The van der Waals surface area contributed by atoms with Crippen LogP contribution in [0.15, 0.2) is 30.3 Å². The van der Waals surface area contributed by atoms with Crippen LogP contribution in [0.2, 0.25) is 0 Å². The normalized spacial score (nSPS) is 31.7. The molecule has 284 valence electrons. The average Bonchev–Trinajstić information content (AvgIpc) is 3.02. The molecule has 3 aliphatic heterocycles. The van der Waals surface area contributed by atoms with Crippen molar-refractivity contribution in [3.05, 3.63) is 35.9 Å². The standard InChI is InChI=1S/C32H40Cl3NO15/c1-15(37)42-13-20-23(45-16(2)38)26(46-17(3)39)27(47-18(4)40)29(49-20)50-25-22(36-30(41)32(33,34)35)28(43-12-19-10-8-7-9-11-19)48-21-14-44-31(5,6)51-24(21)25/h7-11,20-29H,12-14H2,1-6H3,(H,36,41)/t20?,21?,22?,23-,24+,25?,26?,27?,28+,29-/m0/s1. The Hall–Kier alpha value is -2.80. The van der Waals surface area contributed by atoms with E-state index in [4.69, 9.17) is 82.2 Å². The molecule has 3 aliphatic rings. The maximum absolute atomic E-state index is 13.2. The lowest BCUT2D eigenvalue weighted by Gasteiger charge is -2.53. The van der Waals surface area contributed by atoms with Crippen molar-refractivity contribution in [1.29, 1.82) is 0 Å². The SMILES string of the molecule is CC(=O)OCC1O[C@@H](OC2C(NC(=O)C(Cl)(Cl)Cl)[C@H](OCc3ccccc3)OC3COC(C)(C)O[C@H]32)C(OC(C)=O)C(OC(C)=O)[C@H]1OC(C)=O. The van der Waals surface area contributed by atoms with Crippen LogP contribution in [0.3, 0.4) is 0 Å². The van der Waals surface area contributed by atoms with Crippen LogP contribution in [0.25, 0.3) is 0 Å². The summed E-state index contributed by atoms with van der Waals surface area (Å²) >= 11 is 17.9. The third kappa shape index (κ3) is 11.3. The van der Waals surface area contributed by atoms with Gasteiger partial charge in [0.1, 0.15) is 37.1 Å². The first-order valence-corrected chi connectivity index (χ1v) is 16.9. The van der Waals surface area contributed by atoms with E-state index in [9.17, 15) is 24.0 Å². The summed E-state index contributed by atoms with van der Waals surface area (Å²) in [6.45, 7) is 7.15. The van der Waals surface area contributed by atoms with Gasteiger partial charge in [0.25, 0.3) is 9.70 Å². The number of alkyl halides is 3. The van der Waals surface area contributed by atoms with Crippen LogP contribution in [0, 0.1) is 0 Å². The smallest absolute Gasteiger partial charge is 0.303 e. The van der Waals surface area contributed by atoms with E-state index in [2.05, 4.69) is 5.32 Å². The van der Waals surface area contributed by atoms with Gasteiger partial charge < -0.3 is 52.7 Å². The first-order chi connectivity index (χ1) is 23.8. The molecule has 0 radical (unpaired) electrons. The summed E-state index contributed by atoms with van der Waals surface area (Å²) in [7, 11) is 0.